The predicted molar refractivity (Wildman–Crippen MR) is 138 cm³/mol. The molecule has 2 amide bonds. The number of ether oxygens (including phenoxy) is 1. The van der Waals surface area contributed by atoms with Crippen LogP contribution in [0.15, 0.2) is 60.7 Å². The number of methoxy groups -OCH3 is 1. The number of hydrogen-bond acceptors (Lipinski definition) is 6. The van der Waals surface area contributed by atoms with Gasteiger partial charge in [0.05, 0.1) is 17.6 Å². The van der Waals surface area contributed by atoms with Crippen molar-refractivity contribution in [3.05, 3.63) is 92.5 Å². The molecule has 186 valence electrons. The van der Waals surface area contributed by atoms with Gasteiger partial charge >= 0.3 is 0 Å². The Morgan fingerprint density at radius 1 is 1.00 bits per heavy atom. The van der Waals surface area contributed by atoms with E-state index in [-0.39, 0.29) is 17.2 Å². The van der Waals surface area contributed by atoms with Crippen molar-refractivity contribution in [2.45, 2.75) is 6.92 Å². The first kappa shape index (κ1) is 25.0. The first-order chi connectivity index (χ1) is 17.3. The van der Waals surface area contributed by atoms with Gasteiger partial charge in [-0.15, -0.1) is 0 Å². The minimum Gasteiger partial charge on any atom is -0.496 e. The second kappa shape index (κ2) is 10.7. The lowest BCUT2D eigenvalue weighted by molar-refractivity contribution is -0.385. The van der Waals surface area contributed by atoms with Crippen LogP contribution in [0.4, 0.5) is 17.1 Å². The largest absolute Gasteiger partial charge is 0.496 e. The van der Waals surface area contributed by atoms with Gasteiger partial charge in [-0.25, -0.2) is 0 Å². The Morgan fingerprint density at radius 3 is 2.33 bits per heavy atom. The molecule has 9 nitrogen and oxygen atoms in total. The van der Waals surface area contributed by atoms with Crippen LogP contribution in [-0.4, -0.2) is 54.9 Å². The van der Waals surface area contributed by atoms with Crippen LogP contribution in [-0.2, 0) is 0 Å². The number of piperazine rings is 1. The second-order valence-corrected chi connectivity index (χ2v) is 8.77. The lowest BCUT2D eigenvalue weighted by atomic mass is 10.1. The van der Waals surface area contributed by atoms with Crippen molar-refractivity contribution < 1.29 is 19.2 Å². The summed E-state index contributed by atoms with van der Waals surface area (Å²) in [5.41, 5.74) is 2.47. The number of rotatable bonds is 6. The van der Waals surface area contributed by atoms with Crippen molar-refractivity contribution in [1.82, 2.24) is 4.90 Å². The lowest BCUT2D eigenvalue weighted by Gasteiger charge is -2.36. The van der Waals surface area contributed by atoms with Crippen molar-refractivity contribution in [3.8, 4) is 5.75 Å². The third-order valence-corrected chi connectivity index (χ3v) is 6.43. The second-order valence-electron chi connectivity index (χ2n) is 8.33. The van der Waals surface area contributed by atoms with Crippen LogP contribution in [0.3, 0.4) is 0 Å². The first-order valence-electron chi connectivity index (χ1n) is 11.3. The zero-order valence-electron chi connectivity index (χ0n) is 19.9. The van der Waals surface area contributed by atoms with E-state index in [4.69, 9.17) is 16.3 Å². The Balaban J connectivity index is 1.38. The average molecular weight is 509 g/mol. The van der Waals surface area contributed by atoms with Gasteiger partial charge in [0.15, 0.2) is 0 Å². The number of nitrogens with zero attached hydrogens (tertiary/aromatic N) is 3. The monoisotopic (exact) mass is 508 g/mol. The van der Waals surface area contributed by atoms with E-state index in [9.17, 15) is 19.7 Å². The highest BCUT2D eigenvalue weighted by molar-refractivity contribution is 6.31. The molecule has 0 spiro atoms. The van der Waals surface area contributed by atoms with Crippen LogP contribution in [0.2, 0.25) is 5.02 Å². The third-order valence-electron chi connectivity index (χ3n) is 6.20. The molecule has 10 heteroatoms. The minimum atomic E-state index is -0.500. The van der Waals surface area contributed by atoms with E-state index < -0.39 is 10.8 Å². The summed E-state index contributed by atoms with van der Waals surface area (Å²) in [6.07, 6.45) is 0. The molecule has 0 aromatic heterocycles. The molecular weight excluding hydrogens is 484 g/mol. The zero-order chi connectivity index (χ0) is 25.8. The topological polar surface area (TPSA) is 105 Å². The van der Waals surface area contributed by atoms with Gasteiger partial charge in [0.2, 0.25) is 0 Å². The third kappa shape index (κ3) is 5.26. The number of halogens is 1. The summed E-state index contributed by atoms with van der Waals surface area (Å²) < 4.78 is 5.32. The summed E-state index contributed by atoms with van der Waals surface area (Å²) in [5.74, 6) is -0.0409. The summed E-state index contributed by atoms with van der Waals surface area (Å²) >= 11 is 6.08. The SMILES string of the molecule is COc1ccc(Cl)cc1C(=O)N1CCN(c2ccc(NC(=O)c3cccc([N+](=O)[O-])c3C)cc2)CC1. The average Bonchev–Trinajstić information content (AvgIpc) is 2.88. The van der Waals surface area contributed by atoms with Gasteiger partial charge in [0, 0.05) is 59.8 Å². The van der Waals surface area contributed by atoms with Gasteiger partial charge in [-0.05, 0) is 55.5 Å². The smallest absolute Gasteiger partial charge is 0.273 e. The zero-order valence-corrected chi connectivity index (χ0v) is 20.6. The number of nitro groups is 1. The predicted octanol–water partition coefficient (Wildman–Crippen LogP) is 4.78. The van der Waals surface area contributed by atoms with Crippen LogP contribution in [0, 0.1) is 17.0 Å². The molecule has 0 aliphatic carbocycles. The van der Waals surface area contributed by atoms with Crippen LogP contribution in [0.1, 0.15) is 26.3 Å². The normalized spacial score (nSPS) is 13.3. The number of carbonyl (C=O) groups is 2. The van der Waals surface area contributed by atoms with E-state index in [0.29, 0.717) is 53.8 Å². The molecule has 1 heterocycles. The summed E-state index contributed by atoms with van der Waals surface area (Å²) in [4.78, 5) is 40.3. The van der Waals surface area contributed by atoms with Crippen molar-refractivity contribution in [3.63, 3.8) is 0 Å². The standard InChI is InChI=1S/C26H25ClN4O5/c1-17-21(4-3-5-23(17)31(34)35)25(32)28-19-7-9-20(10-8-19)29-12-14-30(15-13-29)26(33)22-16-18(27)6-11-24(22)36-2/h3-11,16H,12-15H2,1-2H3,(H,28,32). The Labute approximate surface area is 213 Å². The number of hydrogen-bond donors (Lipinski definition) is 1. The first-order valence-corrected chi connectivity index (χ1v) is 11.7. The lowest BCUT2D eigenvalue weighted by Crippen LogP contribution is -2.48. The summed E-state index contributed by atoms with van der Waals surface area (Å²) in [6.45, 7) is 3.93. The highest BCUT2D eigenvalue weighted by Crippen LogP contribution is 2.26. The number of nitro benzene ring substituents is 1. The molecule has 4 rings (SSSR count). The van der Waals surface area contributed by atoms with Crippen LogP contribution < -0.4 is 15.0 Å². The number of anilines is 2. The highest BCUT2D eigenvalue weighted by Gasteiger charge is 2.25. The van der Waals surface area contributed by atoms with Crippen molar-refractivity contribution in [2.75, 3.05) is 43.5 Å². The number of nitrogens with one attached hydrogen (secondary N) is 1. The van der Waals surface area contributed by atoms with Crippen molar-refractivity contribution in [2.24, 2.45) is 0 Å². The molecule has 0 radical (unpaired) electrons. The summed E-state index contributed by atoms with van der Waals surface area (Å²) in [6, 6.07) is 16.8. The quantitative estimate of drug-likeness (QED) is 0.379. The van der Waals surface area contributed by atoms with Crippen molar-refractivity contribution >= 4 is 40.5 Å². The van der Waals surface area contributed by atoms with E-state index in [1.54, 1.807) is 48.2 Å². The fraction of sp³-hybridized carbons (Fsp3) is 0.231. The molecule has 36 heavy (non-hydrogen) atoms. The maximum Gasteiger partial charge on any atom is 0.273 e. The molecule has 1 fully saturated rings. The molecule has 1 aliphatic rings. The van der Waals surface area contributed by atoms with Crippen LogP contribution in [0.5, 0.6) is 5.75 Å². The van der Waals surface area contributed by atoms with Gasteiger partial charge in [0.25, 0.3) is 17.5 Å². The molecule has 3 aromatic rings. The number of carbonyl (C=O) groups excluding carboxylic acids is 2. The fourth-order valence-corrected chi connectivity index (χ4v) is 4.38. The Kier molecular flexibility index (Phi) is 7.40. The molecule has 0 bridgehead atoms. The Hall–Kier alpha value is -4.11. The molecule has 1 N–H and O–H groups in total. The van der Waals surface area contributed by atoms with E-state index >= 15 is 0 Å². The van der Waals surface area contributed by atoms with E-state index in [2.05, 4.69) is 10.2 Å². The van der Waals surface area contributed by atoms with Gasteiger partial charge in [-0.3, -0.25) is 19.7 Å². The van der Waals surface area contributed by atoms with Gasteiger partial charge in [-0.1, -0.05) is 17.7 Å². The highest BCUT2D eigenvalue weighted by atomic mass is 35.5. The molecule has 0 saturated carbocycles. The van der Waals surface area contributed by atoms with E-state index in [0.717, 1.165) is 5.69 Å². The minimum absolute atomic E-state index is 0.0931. The Bertz CT molecular complexity index is 1300. The summed E-state index contributed by atoms with van der Waals surface area (Å²) in [5, 5.41) is 14.4. The molecule has 1 aliphatic heterocycles. The van der Waals surface area contributed by atoms with Crippen LogP contribution in [0.25, 0.3) is 0 Å². The summed E-state index contributed by atoms with van der Waals surface area (Å²) in [7, 11) is 1.52. The maximum absolute atomic E-state index is 13.0. The molecular formula is C26H25ClN4O5. The molecule has 0 unspecified atom stereocenters. The van der Waals surface area contributed by atoms with E-state index in [1.807, 2.05) is 12.1 Å². The van der Waals surface area contributed by atoms with Gasteiger partial charge < -0.3 is 19.9 Å². The van der Waals surface area contributed by atoms with Gasteiger partial charge in [-0.2, -0.15) is 0 Å². The molecule has 1 saturated heterocycles. The van der Waals surface area contributed by atoms with Crippen molar-refractivity contribution in [1.29, 1.82) is 0 Å². The Morgan fingerprint density at radius 2 is 1.69 bits per heavy atom. The molecule has 3 aromatic carbocycles. The van der Waals surface area contributed by atoms with E-state index in [1.165, 1.54) is 19.2 Å². The van der Waals surface area contributed by atoms with Gasteiger partial charge in [0.1, 0.15) is 5.75 Å². The fourth-order valence-electron chi connectivity index (χ4n) is 4.21. The molecule has 0 atom stereocenters. The van der Waals surface area contributed by atoms with Crippen LogP contribution >= 0.6 is 11.6 Å². The maximum atomic E-state index is 13.0. The number of benzene rings is 3. The number of amides is 2.